The fraction of sp³-hybridized carbons (Fsp3) is 0.500. The minimum atomic E-state index is 0.302. The average Bonchev–Trinajstić information content (AvgIpc) is 2.34. The van der Waals surface area contributed by atoms with Gasteiger partial charge in [-0.05, 0) is 37.1 Å². The third-order valence-electron chi connectivity index (χ3n) is 3.50. The van der Waals surface area contributed by atoms with E-state index in [1.54, 1.807) is 0 Å². The zero-order chi connectivity index (χ0) is 12.3. The van der Waals surface area contributed by atoms with Gasteiger partial charge >= 0.3 is 0 Å². The van der Waals surface area contributed by atoms with Gasteiger partial charge in [0.2, 0.25) is 0 Å². The van der Waals surface area contributed by atoms with Crippen molar-refractivity contribution in [3.63, 3.8) is 0 Å². The molecule has 1 aliphatic rings. The third kappa shape index (κ3) is 2.59. The monoisotopic (exact) mass is 229 g/mol. The van der Waals surface area contributed by atoms with Crippen molar-refractivity contribution in [3.05, 3.63) is 29.3 Å². The predicted octanol–water partition coefficient (Wildman–Crippen LogP) is 2.00. The number of hydrogen-bond acceptors (Lipinski definition) is 3. The Morgan fingerprint density at radius 3 is 2.94 bits per heavy atom. The van der Waals surface area contributed by atoms with Crippen LogP contribution in [-0.4, -0.2) is 25.7 Å². The van der Waals surface area contributed by atoms with E-state index in [0.717, 1.165) is 19.6 Å². The van der Waals surface area contributed by atoms with Crippen molar-refractivity contribution in [2.75, 3.05) is 24.5 Å². The van der Waals surface area contributed by atoms with Crippen LogP contribution in [0.1, 0.15) is 17.5 Å². The molecular weight excluding hydrogens is 210 g/mol. The molecule has 1 aromatic rings. The van der Waals surface area contributed by atoms with Crippen LogP contribution in [0.15, 0.2) is 18.2 Å². The lowest BCUT2D eigenvalue weighted by atomic mass is 10.1. The van der Waals surface area contributed by atoms with E-state index in [4.69, 9.17) is 5.26 Å². The molecule has 1 fully saturated rings. The molecule has 0 aromatic heterocycles. The van der Waals surface area contributed by atoms with Gasteiger partial charge in [-0.2, -0.15) is 5.26 Å². The van der Waals surface area contributed by atoms with E-state index < -0.39 is 0 Å². The van der Waals surface area contributed by atoms with Gasteiger partial charge in [0.05, 0.1) is 18.5 Å². The summed E-state index contributed by atoms with van der Waals surface area (Å²) >= 11 is 0. The normalized spacial score (nSPS) is 20.1. The average molecular weight is 229 g/mol. The SMILES string of the molecule is Cc1ccc(N2CCNCC2CC#N)cc1C. The van der Waals surface area contributed by atoms with Gasteiger partial charge in [0, 0.05) is 25.3 Å². The Morgan fingerprint density at radius 2 is 2.24 bits per heavy atom. The van der Waals surface area contributed by atoms with E-state index in [9.17, 15) is 0 Å². The first-order valence-corrected chi connectivity index (χ1v) is 6.14. The Kier molecular flexibility index (Phi) is 3.65. The van der Waals surface area contributed by atoms with Crippen LogP contribution < -0.4 is 10.2 Å². The Hall–Kier alpha value is -1.53. The summed E-state index contributed by atoms with van der Waals surface area (Å²) < 4.78 is 0. The van der Waals surface area contributed by atoms with E-state index in [0.29, 0.717) is 12.5 Å². The molecule has 90 valence electrons. The molecule has 1 saturated heterocycles. The molecule has 0 aliphatic carbocycles. The predicted molar refractivity (Wildman–Crippen MR) is 70.1 cm³/mol. The molecule has 1 aromatic carbocycles. The fourth-order valence-corrected chi connectivity index (χ4v) is 2.29. The van der Waals surface area contributed by atoms with Gasteiger partial charge in [0.1, 0.15) is 0 Å². The first-order valence-electron chi connectivity index (χ1n) is 6.14. The van der Waals surface area contributed by atoms with E-state index in [1.165, 1.54) is 16.8 Å². The van der Waals surface area contributed by atoms with Crippen LogP contribution in [0.25, 0.3) is 0 Å². The van der Waals surface area contributed by atoms with Crippen LogP contribution in [0.2, 0.25) is 0 Å². The van der Waals surface area contributed by atoms with Crippen molar-refractivity contribution in [2.24, 2.45) is 0 Å². The number of benzene rings is 1. The summed E-state index contributed by atoms with van der Waals surface area (Å²) in [6, 6.07) is 9.14. The van der Waals surface area contributed by atoms with Crippen LogP contribution in [-0.2, 0) is 0 Å². The van der Waals surface area contributed by atoms with E-state index >= 15 is 0 Å². The van der Waals surface area contributed by atoms with Crippen LogP contribution in [0, 0.1) is 25.2 Å². The maximum Gasteiger partial charge on any atom is 0.0643 e. The first-order chi connectivity index (χ1) is 8.22. The molecule has 0 amide bonds. The quantitative estimate of drug-likeness (QED) is 0.843. The lowest BCUT2D eigenvalue weighted by molar-refractivity contribution is 0.481. The van der Waals surface area contributed by atoms with Gasteiger partial charge in [-0.1, -0.05) is 6.07 Å². The molecule has 3 nitrogen and oxygen atoms in total. The zero-order valence-corrected chi connectivity index (χ0v) is 10.5. The standard InChI is InChI=1S/C14H19N3/c1-11-3-4-13(9-12(11)2)17-8-7-16-10-14(17)5-6-15/h3-4,9,14,16H,5,7-8,10H2,1-2H3. The molecule has 1 atom stereocenters. The topological polar surface area (TPSA) is 39.1 Å². The number of aryl methyl sites for hydroxylation is 2. The van der Waals surface area contributed by atoms with Crippen LogP contribution in [0.4, 0.5) is 5.69 Å². The molecule has 1 heterocycles. The molecule has 0 radical (unpaired) electrons. The Labute approximate surface area is 103 Å². The van der Waals surface area contributed by atoms with Crippen molar-refractivity contribution >= 4 is 5.69 Å². The molecule has 3 heteroatoms. The zero-order valence-electron chi connectivity index (χ0n) is 10.5. The van der Waals surface area contributed by atoms with Crippen LogP contribution in [0.3, 0.4) is 0 Å². The first kappa shape index (κ1) is 11.9. The number of nitriles is 1. The summed E-state index contributed by atoms with van der Waals surface area (Å²) in [4.78, 5) is 2.35. The molecule has 1 aliphatic heterocycles. The summed E-state index contributed by atoms with van der Waals surface area (Å²) in [6.45, 7) is 7.15. The summed E-state index contributed by atoms with van der Waals surface area (Å²) in [7, 11) is 0. The molecule has 1 N–H and O–H groups in total. The Morgan fingerprint density at radius 1 is 1.41 bits per heavy atom. The fourth-order valence-electron chi connectivity index (χ4n) is 2.29. The highest BCUT2D eigenvalue weighted by Gasteiger charge is 2.22. The van der Waals surface area contributed by atoms with E-state index in [2.05, 4.69) is 48.3 Å². The van der Waals surface area contributed by atoms with Gasteiger partial charge in [0.15, 0.2) is 0 Å². The smallest absolute Gasteiger partial charge is 0.0643 e. The Balaban J connectivity index is 2.23. The number of hydrogen-bond donors (Lipinski definition) is 1. The van der Waals surface area contributed by atoms with Crippen molar-refractivity contribution in [1.29, 1.82) is 5.26 Å². The second-order valence-corrected chi connectivity index (χ2v) is 4.68. The van der Waals surface area contributed by atoms with Gasteiger partial charge in [-0.15, -0.1) is 0 Å². The van der Waals surface area contributed by atoms with Gasteiger partial charge in [-0.25, -0.2) is 0 Å². The van der Waals surface area contributed by atoms with Crippen molar-refractivity contribution < 1.29 is 0 Å². The highest BCUT2D eigenvalue weighted by molar-refractivity contribution is 5.52. The van der Waals surface area contributed by atoms with E-state index in [1.807, 2.05) is 0 Å². The Bertz CT molecular complexity index is 434. The number of nitrogens with zero attached hydrogens (tertiary/aromatic N) is 2. The summed E-state index contributed by atoms with van der Waals surface area (Å²) in [5.74, 6) is 0. The van der Waals surface area contributed by atoms with Crippen LogP contribution in [0.5, 0.6) is 0 Å². The summed E-state index contributed by atoms with van der Waals surface area (Å²) in [5.41, 5.74) is 3.88. The maximum absolute atomic E-state index is 8.88. The lowest BCUT2D eigenvalue weighted by Crippen LogP contribution is -2.51. The molecule has 2 rings (SSSR count). The minimum absolute atomic E-state index is 0.302. The molecule has 1 unspecified atom stereocenters. The number of nitrogens with one attached hydrogen (secondary N) is 1. The second-order valence-electron chi connectivity index (χ2n) is 4.68. The number of anilines is 1. The van der Waals surface area contributed by atoms with Gasteiger partial charge in [-0.3, -0.25) is 0 Å². The summed E-state index contributed by atoms with van der Waals surface area (Å²) in [6.07, 6.45) is 0.583. The second kappa shape index (κ2) is 5.20. The molecule has 17 heavy (non-hydrogen) atoms. The molecular formula is C14H19N3. The highest BCUT2D eigenvalue weighted by atomic mass is 15.2. The van der Waals surface area contributed by atoms with Crippen LogP contribution >= 0.6 is 0 Å². The largest absolute Gasteiger partial charge is 0.365 e. The van der Waals surface area contributed by atoms with Crippen molar-refractivity contribution in [1.82, 2.24) is 5.32 Å². The van der Waals surface area contributed by atoms with Crippen molar-refractivity contribution in [2.45, 2.75) is 26.3 Å². The van der Waals surface area contributed by atoms with E-state index in [-0.39, 0.29) is 0 Å². The maximum atomic E-state index is 8.88. The molecule has 0 spiro atoms. The molecule has 0 bridgehead atoms. The van der Waals surface area contributed by atoms with Gasteiger partial charge < -0.3 is 10.2 Å². The molecule has 0 saturated carbocycles. The number of piperazine rings is 1. The highest BCUT2D eigenvalue weighted by Crippen LogP contribution is 2.22. The van der Waals surface area contributed by atoms with Gasteiger partial charge in [0.25, 0.3) is 0 Å². The van der Waals surface area contributed by atoms with Crippen molar-refractivity contribution in [3.8, 4) is 6.07 Å². The lowest BCUT2D eigenvalue weighted by Gasteiger charge is -2.37. The minimum Gasteiger partial charge on any atom is -0.365 e. The summed E-state index contributed by atoms with van der Waals surface area (Å²) in [5, 5.41) is 12.2. The third-order valence-corrected chi connectivity index (χ3v) is 3.50. The number of rotatable bonds is 2.